The van der Waals surface area contributed by atoms with Crippen LogP contribution in [0.2, 0.25) is 5.02 Å². The molecule has 0 amide bonds. The van der Waals surface area contributed by atoms with E-state index in [1.807, 2.05) is 4.40 Å². The Bertz CT molecular complexity index is 787. The van der Waals surface area contributed by atoms with E-state index in [9.17, 15) is 0 Å². The highest BCUT2D eigenvalue weighted by molar-refractivity contribution is 6.31. The third-order valence-electron chi connectivity index (χ3n) is 2.94. The van der Waals surface area contributed by atoms with Crippen LogP contribution in [0.25, 0.3) is 5.65 Å². The molecule has 3 aromatic rings. The van der Waals surface area contributed by atoms with E-state index in [0.29, 0.717) is 33.7 Å². The summed E-state index contributed by atoms with van der Waals surface area (Å²) in [5.41, 5.74) is 3.87. The fourth-order valence-corrected chi connectivity index (χ4v) is 2.16. The van der Waals surface area contributed by atoms with Crippen molar-refractivity contribution in [2.75, 3.05) is 17.9 Å². The number of rotatable bonds is 4. The fourth-order valence-electron chi connectivity index (χ4n) is 1.99. The molecule has 108 valence electrons. The van der Waals surface area contributed by atoms with Crippen LogP contribution in [-0.2, 0) is 0 Å². The molecule has 0 unspecified atom stereocenters. The highest BCUT2D eigenvalue weighted by Crippen LogP contribution is 2.31. The van der Waals surface area contributed by atoms with Crippen LogP contribution in [0, 0.1) is 0 Å². The zero-order valence-electron chi connectivity index (χ0n) is 11.2. The zero-order valence-corrected chi connectivity index (χ0v) is 11.9. The molecule has 0 aliphatic heterocycles. The van der Waals surface area contributed by atoms with Gasteiger partial charge < -0.3 is 19.9 Å². The van der Waals surface area contributed by atoms with E-state index in [2.05, 4.69) is 20.7 Å². The minimum atomic E-state index is 0.504. The number of nitrogen functional groups attached to an aromatic ring is 1. The van der Waals surface area contributed by atoms with E-state index in [-0.39, 0.29) is 0 Å². The van der Waals surface area contributed by atoms with Crippen molar-refractivity contribution in [3.63, 3.8) is 0 Å². The van der Waals surface area contributed by atoms with Gasteiger partial charge in [0.1, 0.15) is 5.75 Å². The first-order valence-electron chi connectivity index (χ1n) is 6.12. The van der Waals surface area contributed by atoms with Crippen molar-refractivity contribution < 1.29 is 4.74 Å². The third kappa shape index (κ3) is 2.56. The van der Waals surface area contributed by atoms with Crippen LogP contribution >= 0.6 is 11.6 Å². The second kappa shape index (κ2) is 5.47. The van der Waals surface area contributed by atoms with Crippen LogP contribution in [0.3, 0.4) is 0 Å². The van der Waals surface area contributed by atoms with Crippen molar-refractivity contribution in [3.05, 3.63) is 41.8 Å². The molecule has 4 N–H and O–H groups in total. The number of hydrogen-bond donors (Lipinski definition) is 3. The summed E-state index contributed by atoms with van der Waals surface area (Å²) < 4.78 is 7.11. The number of nitrogens with one attached hydrogen (secondary N) is 2. The Balaban J connectivity index is 2.09. The molecule has 0 spiro atoms. The van der Waals surface area contributed by atoms with Crippen LogP contribution in [0.15, 0.2) is 36.8 Å². The van der Waals surface area contributed by atoms with E-state index in [4.69, 9.17) is 22.2 Å². The summed E-state index contributed by atoms with van der Waals surface area (Å²) in [6, 6.07) is 5.28. The molecule has 21 heavy (non-hydrogen) atoms. The van der Waals surface area contributed by atoms with Crippen molar-refractivity contribution in [2.24, 2.45) is 5.84 Å². The first-order chi connectivity index (χ1) is 10.2. The Labute approximate surface area is 125 Å². The van der Waals surface area contributed by atoms with Gasteiger partial charge in [0, 0.05) is 17.4 Å². The molecule has 7 nitrogen and oxygen atoms in total. The maximum Gasteiger partial charge on any atom is 0.180 e. The normalized spacial score (nSPS) is 10.6. The Morgan fingerprint density at radius 2 is 2.24 bits per heavy atom. The number of hydrogen-bond acceptors (Lipinski definition) is 6. The number of fused-ring (bicyclic) bond motifs is 1. The lowest BCUT2D eigenvalue weighted by atomic mass is 10.3. The van der Waals surface area contributed by atoms with Crippen molar-refractivity contribution >= 4 is 34.6 Å². The molecule has 0 fully saturated rings. The number of aromatic nitrogens is 3. The molecule has 2 heterocycles. The predicted octanol–water partition coefficient (Wildman–Crippen LogP) is 2.42. The fraction of sp³-hybridized carbons (Fsp3) is 0.0769. The number of ether oxygens (including phenoxy) is 1. The maximum absolute atomic E-state index is 6.03. The topological polar surface area (TPSA) is 89.5 Å². The zero-order chi connectivity index (χ0) is 14.8. The molecule has 1 aromatic carbocycles. The summed E-state index contributed by atoms with van der Waals surface area (Å²) in [5, 5.41) is 3.76. The molecule has 0 radical (unpaired) electrons. The number of anilines is 3. The molecule has 8 heteroatoms. The van der Waals surface area contributed by atoms with E-state index in [1.165, 1.54) is 0 Å². The van der Waals surface area contributed by atoms with Gasteiger partial charge in [-0.2, -0.15) is 0 Å². The molecule has 2 aromatic heterocycles. The van der Waals surface area contributed by atoms with Gasteiger partial charge in [-0.1, -0.05) is 11.6 Å². The van der Waals surface area contributed by atoms with Gasteiger partial charge in [-0.3, -0.25) is 0 Å². The van der Waals surface area contributed by atoms with E-state index in [1.54, 1.807) is 43.9 Å². The second-order valence-electron chi connectivity index (χ2n) is 4.25. The molecule has 0 saturated carbocycles. The predicted molar refractivity (Wildman–Crippen MR) is 82.1 cm³/mol. The summed E-state index contributed by atoms with van der Waals surface area (Å²) in [5.74, 6) is 7.12. The molecule has 0 atom stereocenters. The Morgan fingerprint density at radius 3 is 3.00 bits per heavy atom. The highest BCUT2D eigenvalue weighted by atomic mass is 35.5. The summed E-state index contributed by atoms with van der Waals surface area (Å²) in [4.78, 5) is 8.63. The largest absolute Gasteiger partial charge is 0.495 e. The summed E-state index contributed by atoms with van der Waals surface area (Å²) in [7, 11) is 1.59. The second-order valence-corrected chi connectivity index (χ2v) is 4.68. The Morgan fingerprint density at radius 1 is 1.38 bits per heavy atom. The number of halogens is 1. The molecular formula is C13H13ClN6O. The molecule has 0 aliphatic carbocycles. The monoisotopic (exact) mass is 304 g/mol. The number of nitrogens with two attached hydrogens (primary N) is 1. The van der Waals surface area contributed by atoms with Gasteiger partial charge in [0.25, 0.3) is 0 Å². The quantitative estimate of drug-likeness (QED) is 0.506. The number of nitrogens with zero attached hydrogens (tertiary/aromatic N) is 3. The van der Waals surface area contributed by atoms with Gasteiger partial charge in [0.05, 0.1) is 19.0 Å². The van der Waals surface area contributed by atoms with Gasteiger partial charge in [0.2, 0.25) is 0 Å². The molecule has 3 rings (SSSR count). The van der Waals surface area contributed by atoms with Crippen molar-refractivity contribution in [2.45, 2.75) is 0 Å². The first kappa shape index (κ1) is 13.5. The minimum absolute atomic E-state index is 0.504. The summed E-state index contributed by atoms with van der Waals surface area (Å²) in [6.07, 6.45) is 5.22. The van der Waals surface area contributed by atoms with E-state index in [0.717, 1.165) is 0 Å². The van der Waals surface area contributed by atoms with Crippen LogP contribution in [0.5, 0.6) is 5.75 Å². The number of hydrazine groups is 1. The Kier molecular flexibility index (Phi) is 3.51. The van der Waals surface area contributed by atoms with Gasteiger partial charge in [-0.05, 0) is 18.2 Å². The van der Waals surface area contributed by atoms with Crippen molar-refractivity contribution in [1.29, 1.82) is 0 Å². The van der Waals surface area contributed by atoms with Gasteiger partial charge in [0.15, 0.2) is 17.3 Å². The first-order valence-corrected chi connectivity index (χ1v) is 6.50. The standard InChI is InChI=1S/C13H13ClN6O/c1-21-10-3-2-8(14)6-9(10)17-12-13-16-4-5-20(13)7-11(18-12)19-15/h2-7,19H,15H2,1H3,(H,17,18). The van der Waals surface area contributed by atoms with E-state index < -0.39 is 0 Å². The average Bonchev–Trinajstić information content (AvgIpc) is 2.96. The SMILES string of the molecule is COc1ccc(Cl)cc1Nc1nc(NN)cn2ccnc12. The number of methoxy groups -OCH3 is 1. The van der Waals surface area contributed by atoms with Gasteiger partial charge in [-0.15, -0.1) is 0 Å². The molecular weight excluding hydrogens is 292 g/mol. The van der Waals surface area contributed by atoms with Crippen LogP contribution in [0.4, 0.5) is 17.3 Å². The lowest BCUT2D eigenvalue weighted by molar-refractivity contribution is 0.417. The van der Waals surface area contributed by atoms with Gasteiger partial charge in [-0.25, -0.2) is 15.8 Å². The van der Waals surface area contributed by atoms with Crippen LogP contribution in [-0.4, -0.2) is 21.5 Å². The maximum atomic E-state index is 6.03. The lowest BCUT2D eigenvalue weighted by Crippen LogP contribution is -2.11. The number of benzene rings is 1. The molecule has 0 bridgehead atoms. The highest BCUT2D eigenvalue weighted by Gasteiger charge is 2.10. The smallest absolute Gasteiger partial charge is 0.180 e. The third-order valence-corrected chi connectivity index (χ3v) is 3.17. The average molecular weight is 305 g/mol. The molecule has 0 saturated heterocycles. The summed E-state index contributed by atoms with van der Waals surface area (Å²) >= 11 is 6.03. The minimum Gasteiger partial charge on any atom is -0.495 e. The van der Waals surface area contributed by atoms with Gasteiger partial charge >= 0.3 is 0 Å². The van der Waals surface area contributed by atoms with Crippen LogP contribution < -0.4 is 21.3 Å². The van der Waals surface area contributed by atoms with E-state index >= 15 is 0 Å². The summed E-state index contributed by atoms with van der Waals surface area (Å²) in [6.45, 7) is 0. The Hall–Kier alpha value is -2.51. The number of imidazole rings is 1. The van der Waals surface area contributed by atoms with Crippen LogP contribution in [0.1, 0.15) is 0 Å². The van der Waals surface area contributed by atoms with Crippen molar-refractivity contribution in [1.82, 2.24) is 14.4 Å². The van der Waals surface area contributed by atoms with Crippen molar-refractivity contribution in [3.8, 4) is 5.75 Å². The molecule has 0 aliphatic rings. The lowest BCUT2D eigenvalue weighted by Gasteiger charge is -2.12.